The number of nitrogens with zero attached hydrogens (tertiary/aromatic N) is 3. The van der Waals surface area contributed by atoms with E-state index in [1.807, 2.05) is 0 Å². The molecule has 1 heterocycles. The monoisotopic (exact) mass is 309 g/mol. The summed E-state index contributed by atoms with van der Waals surface area (Å²) in [6.07, 6.45) is -1.71. The summed E-state index contributed by atoms with van der Waals surface area (Å²) in [5.41, 5.74) is 0.0368. The first-order valence-corrected chi connectivity index (χ1v) is 6.48. The zero-order valence-corrected chi connectivity index (χ0v) is 12.1. The summed E-state index contributed by atoms with van der Waals surface area (Å²) < 4.78 is 38.8. The molecule has 2 aromatic rings. The molecule has 0 atom stereocenters. The van der Waals surface area contributed by atoms with Crippen LogP contribution in [-0.4, -0.2) is 27.8 Å². The Hall–Kier alpha value is -2.44. The molecule has 0 saturated carbocycles. The van der Waals surface area contributed by atoms with Gasteiger partial charge in [-0.3, -0.25) is 9.78 Å². The molecule has 0 saturated heterocycles. The number of halogens is 3. The number of carbonyl (C=O) groups excluding carboxylic acids is 1. The molecule has 1 aromatic heterocycles. The van der Waals surface area contributed by atoms with Crippen molar-refractivity contribution in [3.63, 3.8) is 0 Å². The van der Waals surface area contributed by atoms with E-state index < -0.39 is 17.6 Å². The number of carbonyl (C=O) groups is 1. The number of hydrogen-bond acceptors (Lipinski definition) is 3. The first-order valence-electron chi connectivity index (χ1n) is 6.48. The van der Waals surface area contributed by atoms with Crippen LogP contribution in [0, 0.1) is 6.92 Å². The number of alkyl halides is 3. The SMILES string of the molecule is Cc1cnc(C(=O)N(C)Cc2ccccc2C(F)(F)F)cn1. The minimum Gasteiger partial charge on any atom is -0.336 e. The predicted molar refractivity (Wildman–Crippen MR) is 74.0 cm³/mol. The van der Waals surface area contributed by atoms with Gasteiger partial charge >= 0.3 is 6.18 Å². The molecule has 116 valence electrons. The van der Waals surface area contributed by atoms with Crippen LogP contribution < -0.4 is 0 Å². The molecule has 4 nitrogen and oxygen atoms in total. The predicted octanol–water partition coefficient (Wildman–Crippen LogP) is 3.08. The molecule has 0 aliphatic heterocycles. The van der Waals surface area contributed by atoms with Crippen molar-refractivity contribution in [3.05, 3.63) is 59.2 Å². The lowest BCUT2D eigenvalue weighted by molar-refractivity contribution is -0.138. The van der Waals surface area contributed by atoms with Gasteiger partial charge in [-0.25, -0.2) is 4.98 Å². The average molecular weight is 309 g/mol. The summed E-state index contributed by atoms with van der Waals surface area (Å²) in [4.78, 5) is 21.2. The zero-order valence-electron chi connectivity index (χ0n) is 12.1. The Morgan fingerprint density at radius 1 is 1.18 bits per heavy atom. The summed E-state index contributed by atoms with van der Waals surface area (Å²) in [5, 5.41) is 0. The third-order valence-electron chi connectivity index (χ3n) is 3.08. The summed E-state index contributed by atoms with van der Waals surface area (Å²) in [7, 11) is 1.43. The fourth-order valence-corrected chi connectivity index (χ4v) is 1.96. The second-order valence-corrected chi connectivity index (χ2v) is 4.86. The second-order valence-electron chi connectivity index (χ2n) is 4.86. The molecule has 0 spiro atoms. The van der Waals surface area contributed by atoms with Crippen LogP contribution in [0.1, 0.15) is 27.3 Å². The van der Waals surface area contributed by atoms with Gasteiger partial charge in [-0.2, -0.15) is 13.2 Å². The van der Waals surface area contributed by atoms with Crippen molar-refractivity contribution in [1.82, 2.24) is 14.9 Å². The van der Waals surface area contributed by atoms with Crippen LogP contribution in [0.5, 0.6) is 0 Å². The number of aromatic nitrogens is 2. The van der Waals surface area contributed by atoms with Crippen molar-refractivity contribution in [3.8, 4) is 0 Å². The Kier molecular flexibility index (Phi) is 4.44. The molecule has 0 radical (unpaired) electrons. The Morgan fingerprint density at radius 2 is 1.86 bits per heavy atom. The van der Waals surface area contributed by atoms with Crippen LogP contribution in [-0.2, 0) is 12.7 Å². The average Bonchev–Trinajstić information content (AvgIpc) is 2.46. The Bertz CT molecular complexity index is 668. The number of amides is 1. The summed E-state index contributed by atoms with van der Waals surface area (Å²) in [6, 6.07) is 5.18. The van der Waals surface area contributed by atoms with Gasteiger partial charge in [0.1, 0.15) is 5.69 Å². The first-order chi connectivity index (χ1) is 10.3. The van der Waals surface area contributed by atoms with E-state index >= 15 is 0 Å². The van der Waals surface area contributed by atoms with Crippen molar-refractivity contribution < 1.29 is 18.0 Å². The smallest absolute Gasteiger partial charge is 0.336 e. The standard InChI is InChI=1S/C15H14F3N3O/c1-10-7-20-13(8-19-10)14(22)21(2)9-11-5-3-4-6-12(11)15(16,17)18/h3-8H,9H2,1-2H3. The van der Waals surface area contributed by atoms with Crippen LogP contribution in [0.4, 0.5) is 13.2 Å². The van der Waals surface area contributed by atoms with Crippen LogP contribution in [0.3, 0.4) is 0 Å². The van der Waals surface area contributed by atoms with Crippen LogP contribution in [0.2, 0.25) is 0 Å². The van der Waals surface area contributed by atoms with Gasteiger partial charge in [0.25, 0.3) is 5.91 Å². The van der Waals surface area contributed by atoms with Gasteiger partial charge in [0.2, 0.25) is 0 Å². The minimum absolute atomic E-state index is 0.0333. The highest BCUT2D eigenvalue weighted by Crippen LogP contribution is 2.32. The fraction of sp³-hybridized carbons (Fsp3) is 0.267. The zero-order chi connectivity index (χ0) is 16.3. The third kappa shape index (κ3) is 3.60. The highest BCUT2D eigenvalue weighted by atomic mass is 19.4. The second kappa shape index (κ2) is 6.13. The topological polar surface area (TPSA) is 46.1 Å². The number of aryl methyl sites for hydroxylation is 1. The van der Waals surface area contributed by atoms with Crippen molar-refractivity contribution in [1.29, 1.82) is 0 Å². The van der Waals surface area contributed by atoms with Crippen molar-refractivity contribution in [2.45, 2.75) is 19.6 Å². The quantitative estimate of drug-likeness (QED) is 0.875. The van der Waals surface area contributed by atoms with Gasteiger partial charge in [-0.05, 0) is 18.6 Å². The highest BCUT2D eigenvalue weighted by molar-refractivity contribution is 5.91. The lowest BCUT2D eigenvalue weighted by atomic mass is 10.1. The van der Waals surface area contributed by atoms with Gasteiger partial charge in [0.15, 0.2) is 0 Å². The van der Waals surface area contributed by atoms with Gasteiger partial charge < -0.3 is 4.90 Å². The van der Waals surface area contributed by atoms with E-state index in [1.165, 1.54) is 42.5 Å². The van der Waals surface area contributed by atoms with Crippen molar-refractivity contribution >= 4 is 5.91 Å². The summed E-state index contributed by atoms with van der Waals surface area (Å²) in [5.74, 6) is -0.482. The molecular formula is C15H14F3N3O. The summed E-state index contributed by atoms with van der Waals surface area (Å²) in [6.45, 7) is 1.56. The maximum atomic E-state index is 12.9. The molecule has 1 amide bonds. The van der Waals surface area contributed by atoms with Crippen LogP contribution in [0.25, 0.3) is 0 Å². The number of benzene rings is 1. The van der Waals surface area contributed by atoms with Crippen molar-refractivity contribution in [2.24, 2.45) is 0 Å². The van der Waals surface area contributed by atoms with E-state index in [1.54, 1.807) is 6.92 Å². The van der Waals surface area contributed by atoms with Gasteiger partial charge in [-0.1, -0.05) is 18.2 Å². The fourth-order valence-electron chi connectivity index (χ4n) is 1.96. The normalized spacial score (nSPS) is 11.3. The van der Waals surface area contributed by atoms with Gasteiger partial charge in [0.05, 0.1) is 17.5 Å². The molecule has 0 aliphatic rings. The van der Waals surface area contributed by atoms with Crippen molar-refractivity contribution in [2.75, 3.05) is 7.05 Å². The number of hydrogen-bond donors (Lipinski definition) is 0. The van der Waals surface area contributed by atoms with Crippen LogP contribution >= 0.6 is 0 Å². The van der Waals surface area contributed by atoms with E-state index in [0.717, 1.165) is 6.07 Å². The minimum atomic E-state index is -4.45. The summed E-state index contributed by atoms with van der Waals surface area (Å²) >= 11 is 0. The largest absolute Gasteiger partial charge is 0.416 e. The lowest BCUT2D eigenvalue weighted by Gasteiger charge is -2.19. The molecule has 2 rings (SSSR count). The van der Waals surface area contributed by atoms with Gasteiger partial charge in [-0.15, -0.1) is 0 Å². The van der Waals surface area contributed by atoms with E-state index in [9.17, 15) is 18.0 Å². The molecule has 0 N–H and O–H groups in total. The van der Waals surface area contributed by atoms with Crippen LogP contribution in [0.15, 0.2) is 36.7 Å². The molecule has 0 aliphatic carbocycles. The molecule has 0 fully saturated rings. The molecular weight excluding hydrogens is 295 g/mol. The third-order valence-corrected chi connectivity index (χ3v) is 3.08. The first kappa shape index (κ1) is 15.9. The highest BCUT2D eigenvalue weighted by Gasteiger charge is 2.33. The molecule has 22 heavy (non-hydrogen) atoms. The molecule has 7 heteroatoms. The Morgan fingerprint density at radius 3 is 2.45 bits per heavy atom. The maximum Gasteiger partial charge on any atom is 0.416 e. The Labute approximate surface area is 125 Å². The van der Waals surface area contributed by atoms with E-state index in [2.05, 4.69) is 9.97 Å². The molecule has 0 bridgehead atoms. The van der Waals surface area contributed by atoms with E-state index in [-0.39, 0.29) is 17.8 Å². The number of rotatable bonds is 3. The lowest BCUT2D eigenvalue weighted by Crippen LogP contribution is -2.28. The van der Waals surface area contributed by atoms with E-state index in [4.69, 9.17) is 0 Å². The van der Waals surface area contributed by atoms with E-state index in [0.29, 0.717) is 5.69 Å². The Balaban J connectivity index is 2.20. The molecule has 1 aromatic carbocycles. The molecule has 0 unspecified atom stereocenters. The van der Waals surface area contributed by atoms with Gasteiger partial charge in [0, 0.05) is 19.8 Å². The maximum absolute atomic E-state index is 12.9.